The fraction of sp³-hybridized carbons (Fsp3) is 0.500. The number of nitrogens with two attached hydrogens (primary N) is 1. The predicted molar refractivity (Wildman–Crippen MR) is 102 cm³/mol. The summed E-state index contributed by atoms with van der Waals surface area (Å²) in [5.74, 6) is -1.36. The average molecular weight is 373 g/mol. The quantitative estimate of drug-likeness (QED) is 0.860. The molecule has 1 saturated carbocycles. The van der Waals surface area contributed by atoms with Gasteiger partial charge in [-0.05, 0) is 56.7 Å². The van der Waals surface area contributed by atoms with Crippen molar-refractivity contribution in [3.63, 3.8) is 0 Å². The number of rotatable bonds is 4. The molecule has 6 nitrogen and oxygen atoms in total. The van der Waals surface area contributed by atoms with Gasteiger partial charge in [-0.15, -0.1) is 0 Å². The second-order valence-electron chi connectivity index (χ2n) is 7.89. The maximum absolute atomic E-state index is 15.0. The van der Waals surface area contributed by atoms with Crippen LogP contribution in [0.1, 0.15) is 48.1 Å². The van der Waals surface area contributed by atoms with Crippen LogP contribution in [0, 0.1) is 18.7 Å². The number of halogens is 1. The zero-order valence-corrected chi connectivity index (χ0v) is 15.5. The molecule has 7 heteroatoms. The molecule has 1 aromatic carbocycles. The van der Waals surface area contributed by atoms with Gasteiger partial charge < -0.3 is 20.3 Å². The molecule has 2 aliphatic rings. The van der Waals surface area contributed by atoms with Crippen LogP contribution in [0.15, 0.2) is 16.9 Å². The molecule has 4 rings (SSSR count). The molecule has 2 aromatic rings. The van der Waals surface area contributed by atoms with Gasteiger partial charge in [-0.25, -0.2) is 9.18 Å². The monoisotopic (exact) mass is 373 g/mol. The van der Waals surface area contributed by atoms with Crippen molar-refractivity contribution >= 4 is 22.6 Å². The van der Waals surface area contributed by atoms with Gasteiger partial charge in [0.15, 0.2) is 0 Å². The van der Waals surface area contributed by atoms with E-state index in [2.05, 4.69) is 0 Å². The van der Waals surface area contributed by atoms with E-state index in [1.54, 1.807) is 4.57 Å². The van der Waals surface area contributed by atoms with Gasteiger partial charge in [0.05, 0.1) is 11.2 Å². The summed E-state index contributed by atoms with van der Waals surface area (Å²) in [4.78, 5) is 26.3. The Bertz CT molecular complexity index is 994. The summed E-state index contributed by atoms with van der Waals surface area (Å²) in [6.45, 7) is 5.19. The number of hydrogen-bond donors (Lipinski definition) is 2. The van der Waals surface area contributed by atoms with Gasteiger partial charge in [0.2, 0.25) is 0 Å². The third-order valence-electron chi connectivity index (χ3n) is 5.91. The van der Waals surface area contributed by atoms with Gasteiger partial charge >= 0.3 is 5.97 Å². The molecule has 2 atom stereocenters. The number of fused-ring (bicyclic) bond motifs is 1. The molecule has 2 heterocycles. The van der Waals surface area contributed by atoms with Crippen LogP contribution in [0.4, 0.5) is 10.1 Å². The first kappa shape index (κ1) is 18.0. The zero-order chi connectivity index (χ0) is 19.5. The Morgan fingerprint density at radius 2 is 2.04 bits per heavy atom. The highest BCUT2D eigenvalue weighted by molar-refractivity contribution is 5.95. The van der Waals surface area contributed by atoms with E-state index < -0.39 is 11.5 Å². The lowest BCUT2D eigenvalue weighted by Gasteiger charge is -2.25. The largest absolute Gasteiger partial charge is 0.477 e. The van der Waals surface area contributed by atoms with E-state index in [-0.39, 0.29) is 23.5 Å². The third kappa shape index (κ3) is 2.90. The van der Waals surface area contributed by atoms with Gasteiger partial charge in [0.25, 0.3) is 5.56 Å². The van der Waals surface area contributed by atoms with E-state index in [4.69, 9.17) is 5.73 Å². The highest BCUT2D eigenvalue weighted by Gasteiger charge is 2.32. The fourth-order valence-electron chi connectivity index (χ4n) is 4.30. The van der Waals surface area contributed by atoms with Gasteiger partial charge in [-0.3, -0.25) is 4.79 Å². The van der Waals surface area contributed by atoms with E-state index in [0.717, 1.165) is 25.8 Å². The van der Waals surface area contributed by atoms with Crippen molar-refractivity contribution < 1.29 is 14.3 Å². The first-order valence-corrected chi connectivity index (χ1v) is 9.41. The smallest absolute Gasteiger partial charge is 0.341 e. The average Bonchev–Trinajstić information content (AvgIpc) is 3.31. The Morgan fingerprint density at radius 3 is 2.59 bits per heavy atom. The van der Waals surface area contributed by atoms with Crippen LogP contribution in [-0.2, 0) is 0 Å². The van der Waals surface area contributed by atoms with Crippen LogP contribution in [0.2, 0.25) is 0 Å². The SMILES string of the molecule is Cc1c(N2CC[C@H](C(C)N)C2)c(F)cc2cc(C(=O)O)c(=O)n(C3CC3)c12. The van der Waals surface area contributed by atoms with Crippen molar-refractivity contribution in [1.29, 1.82) is 0 Å². The summed E-state index contributed by atoms with van der Waals surface area (Å²) < 4.78 is 16.6. The number of carbonyl (C=O) groups is 1. The normalized spacial score (nSPS) is 21.0. The fourth-order valence-corrected chi connectivity index (χ4v) is 4.30. The van der Waals surface area contributed by atoms with Crippen molar-refractivity contribution in [3.8, 4) is 0 Å². The summed E-state index contributed by atoms with van der Waals surface area (Å²) in [7, 11) is 0. The molecule has 2 fully saturated rings. The summed E-state index contributed by atoms with van der Waals surface area (Å²) in [6, 6.07) is 2.70. The number of pyridine rings is 1. The minimum atomic E-state index is -1.28. The molecule has 1 saturated heterocycles. The summed E-state index contributed by atoms with van der Waals surface area (Å²) in [5.41, 5.74) is 7.05. The molecular formula is C20H24FN3O3. The van der Waals surface area contributed by atoms with Gasteiger partial charge in [0, 0.05) is 30.6 Å². The Morgan fingerprint density at radius 1 is 1.33 bits per heavy atom. The Kier molecular flexibility index (Phi) is 4.22. The van der Waals surface area contributed by atoms with E-state index in [0.29, 0.717) is 34.6 Å². The van der Waals surface area contributed by atoms with E-state index in [9.17, 15) is 14.7 Å². The molecular weight excluding hydrogens is 349 g/mol. The Labute approximate surface area is 156 Å². The molecule has 0 bridgehead atoms. The molecule has 0 spiro atoms. The lowest BCUT2D eigenvalue weighted by molar-refractivity contribution is 0.0694. The zero-order valence-electron chi connectivity index (χ0n) is 15.5. The lowest BCUT2D eigenvalue weighted by Crippen LogP contribution is -2.31. The molecule has 27 heavy (non-hydrogen) atoms. The van der Waals surface area contributed by atoms with Crippen molar-refractivity contribution in [2.45, 2.75) is 45.2 Å². The number of anilines is 1. The maximum atomic E-state index is 15.0. The molecule has 0 amide bonds. The van der Waals surface area contributed by atoms with Gasteiger partial charge in [-0.2, -0.15) is 0 Å². The highest BCUT2D eigenvalue weighted by Crippen LogP contribution is 2.40. The molecule has 144 valence electrons. The van der Waals surface area contributed by atoms with Crippen molar-refractivity contribution in [3.05, 3.63) is 39.4 Å². The number of carboxylic acids is 1. The third-order valence-corrected chi connectivity index (χ3v) is 5.91. The second-order valence-corrected chi connectivity index (χ2v) is 7.89. The minimum Gasteiger partial charge on any atom is -0.477 e. The molecule has 0 radical (unpaired) electrons. The van der Waals surface area contributed by atoms with Crippen LogP contribution in [0.5, 0.6) is 0 Å². The first-order chi connectivity index (χ1) is 12.8. The summed E-state index contributed by atoms with van der Waals surface area (Å²) in [5, 5.41) is 9.83. The Hall–Kier alpha value is -2.41. The predicted octanol–water partition coefficient (Wildman–Crippen LogP) is 2.66. The highest BCUT2D eigenvalue weighted by atomic mass is 19.1. The van der Waals surface area contributed by atoms with Crippen LogP contribution < -0.4 is 16.2 Å². The van der Waals surface area contributed by atoms with Crippen LogP contribution in [0.25, 0.3) is 10.9 Å². The topological polar surface area (TPSA) is 88.6 Å². The van der Waals surface area contributed by atoms with Gasteiger partial charge in [-0.1, -0.05) is 0 Å². The van der Waals surface area contributed by atoms with Crippen LogP contribution in [0.3, 0.4) is 0 Å². The molecule has 1 aliphatic carbocycles. The maximum Gasteiger partial charge on any atom is 0.341 e. The van der Waals surface area contributed by atoms with E-state index >= 15 is 4.39 Å². The van der Waals surface area contributed by atoms with Gasteiger partial charge in [0.1, 0.15) is 11.4 Å². The number of carboxylic acid groups (broad SMARTS) is 1. The Balaban J connectivity index is 1.93. The number of aryl methyl sites for hydroxylation is 1. The molecule has 1 aromatic heterocycles. The number of benzene rings is 1. The minimum absolute atomic E-state index is 0.00768. The van der Waals surface area contributed by atoms with Crippen molar-refractivity contribution in [2.75, 3.05) is 18.0 Å². The summed E-state index contributed by atoms with van der Waals surface area (Å²) in [6.07, 6.45) is 2.57. The molecule has 3 N–H and O–H groups in total. The van der Waals surface area contributed by atoms with E-state index in [1.165, 1.54) is 12.1 Å². The van der Waals surface area contributed by atoms with Crippen molar-refractivity contribution in [1.82, 2.24) is 4.57 Å². The van der Waals surface area contributed by atoms with E-state index in [1.807, 2.05) is 18.7 Å². The number of aromatic carboxylic acids is 1. The standard InChI is InChI=1S/C20H24FN3O3/c1-10-17-13(7-15(20(26)27)19(25)24(17)14-3-4-14)8-16(21)18(10)23-6-5-12(9-23)11(2)22/h7-8,11-12,14H,3-6,9,22H2,1-2H3,(H,26,27)/t11?,12-/m0/s1. The number of hydrogen-bond acceptors (Lipinski definition) is 4. The number of nitrogens with zero attached hydrogens (tertiary/aromatic N) is 2. The molecule has 1 aliphatic heterocycles. The van der Waals surface area contributed by atoms with Crippen LogP contribution in [-0.4, -0.2) is 34.8 Å². The number of aromatic nitrogens is 1. The lowest BCUT2D eigenvalue weighted by atomic mass is 10.0. The van der Waals surface area contributed by atoms with Crippen molar-refractivity contribution in [2.24, 2.45) is 11.7 Å². The summed E-state index contributed by atoms with van der Waals surface area (Å²) >= 11 is 0. The first-order valence-electron chi connectivity index (χ1n) is 9.41. The molecule has 1 unspecified atom stereocenters. The van der Waals surface area contributed by atoms with Crippen LogP contribution >= 0.6 is 0 Å². The second kappa shape index (κ2) is 6.34.